The quantitative estimate of drug-likeness (QED) is 0.267. The first-order chi connectivity index (χ1) is 10.7. The molecule has 1 rings (SSSR count). The van der Waals surface area contributed by atoms with Crippen molar-refractivity contribution in [3.8, 4) is 0 Å². The second-order valence-corrected chi connectivity index (χ2v) is 20.4. The van der Waals surface area contributed by atoms with Crippen molar-refractivity contribution in [1.82, 2.24) is 0 Å². The van der Waals surface area contributed by atoms with Crippen LogP contribution in [0, 0.1) is 0 Å². The fraction of sp³-hybridized carbons (Fsp3) is 0.895. The summed E-state index contributed by atoms with van der Waals surface area (Å²) in [7, 11) is 1.72. The van der Waals surface area contributed by atoms with Gasteiger partial charge in [-0.25, -0.2) is 0 Å². The molecule has 0 aromatic rings. The Morgan fingerprint density at radius 2 is 1.55 bits per heavy atom. The van der Waals surface area contributed by atoms with Gasteiger partial charge in [0.2, 0.25) is 0 Å². The van der Waals surface area contributed by atoms with E-state index in [1.165, 1.54) is 51.4 Å². The molecule has 1 aliphatic carbocycles. The van der Waals surface area contributed by atoms with E-state index in [4.69, 9.17) is 9.47 Å². The Hall–Kier alpha value is 0.459. The van der Waals surface area contributed by atoms with Crippen LogP contribution in [0.15, 0.2) is 9.67 Å². The minimum absolute atomic E-state index is 0.330. The molecule has 0 saturated heterocycles. The van der Waals surface area contributed by atoms with Crippen molar-refractivity contribution in [3.63, 3.8) is 0 Å². The van der Waals surface area contributed by atoms with Gasteiger partial charge in [0.1, 0.15) is 0 Å². The predicted molar refractivity (Wildman–Crippen MR) is 99.0 cm³/mol. The van der Waals surface area contributed by atoms with Crippen LogP contribution in [0.5, 0.6) is 0 Å². The van der Waals surface area contributed by atoms with Crippen molar-refractivity contribution in [2.75, 3.05) is 13.9 Å². The first kappa shape index (κ1) is 20.5. The van der Waals surface area contributed by atoms with Crippen molar-refractivity contribution in [2.45, 2.75) is 91.6 Å². The van der Waals surface area contributed by atoms with Gasteiger partial charge in [-0.3, -0.25) is 0 Å². The van der Waals surface area contributed by atoms with E-state index in [1.54, 1.807) is 20.4 Å². The van der Waals surface area contributed by atoms with Gasteiger partial charge in [-0.15, -0.1) is 0 Å². The molecule has 1 atom stereocenters. The Kier molecular flexibility index (Phi) is 11.1. The Balaban J connectivity index is 2.84. The zero-order valence-electron chi connectivity index (χ0n) is 15.5. The molecule has 0 fully saturated rings. The Morgan fingerprint density at radius 1 is 1.00 bits per heavy atom. The van der Waals surface area contributed by atoms with Gasteiger partial charge in [0.25, 0.3) is 0 Å². The molecule has 3 heteroatoms. The standard InChI is InChI=1S/C7H11O2.3C4H9.Sn/c1-8-6-9-7-4-2-3-5-7;3*1-3-4-2;/h5,7H,2,4,6H2,1H3;3*1,3-4H2,2H3;. The van der Waals surface area contributed by atoms with Gasteiger partial charge in [0.05, 0.1) is 0 Å². The first-order valence-electron chi connectivity index (χ1n) is 9.54. The molecule has 2 nitrogen and oxygen atoms in total. The van der Waals surface area contributed by atoms with E-state index >= 15 is 0 Å². The molecule has 130 valence electrons. The summed E-state index contributed by atoms with van der Waals surface area (Å²) >= 11 is -2.15. The molecule has 1 unspecified atom stereocenters. The van der Waals surface area contributed by atoms with Gasteiger partial charge in [-0.1, -0.05) is 0 Å². The number of hydrogen-bond donors (Lipinski definition) is 0. The number of ether oxygens (including phenoxy) is 2. The van der Waals surface area contributed by atoms with Crippen LogP contribution in [0.3, 0.4) is 0 Å². The van der Waals surface area contributed by atoms with Crippen LogP contribution in [0.1, 0.15) is 72.1 Å². The number of hydrogen-bond acceptors (Lipinski definition) is 2. The van der Waals surface area contributed by atoms with E-state index in [0.29, 0.717) is 12.9 Å². The molecule has 0 aromatic heterocycles. The number of unbranched alkanes of at least 4 members (excludes halogenated alkanes) is 3. The van der Waals surface area contributed by atoms with Crippen LogP contribution in [-0.4, -0.2) is 38.4 Å². The van der Waals surface area contributed by atoms with Gasteiger partial charge in [-0.05, 0) is 0 Å². The number of rotatable bonds is 13. The fourth-order valence-electron chi connectivity index (χ4n) is 3.82. The topological polar surface area (TPSA) is 18.5 Å². The third-order valence-electron chi connectivity index (χ3n) is 5.19. The average Bonchev–Trinajstić information content (AvgIpc) is 3.02. The molecule has 0 N–H and O–H groups in total. The summed E-state index contributed by atoms with van der Waals surface area (Å²) in [5, 5.41) is 0. The molecule has 0 saturated carbocycles. The summed E-state index contributed by atoms with van der Waals surface area (Å²) in [6, 6.07) is 0. The fourth-order valence-corrected chi connectivity index (χ4v) is 21.0. The monoisotopic (exact) mass is 418 g/mol. The van der Waals surface area contributed by atoms with Gasteiger partial charge < -0.3 is 0 Å². The van der Waals surface area contributed by atoms with E-state index in [0.717, 1.165) is 0 Å². The third kappa shape index (κ3) is 6.52. The molecular weight excluding hydrogens is 379 g/mol. The summed E-state index contributed by atoms with van der Waals surface area (Å²) in [4.78, 5) is 0. The van der Waals surface area contributed by atoms with Crippen LogP contribution < -0.4 is 0 Å². The summed E-state index contributed by atoms with van der Waals surface area (Å²) in [5.41, 5.74) is 0. The van der Waals surface area contributed by atoms with E-state index in [-0.39, 0.29) is 0 Å². The Morgan fingerprint density at radius 3 is 2.00 bits per heavy atom. The molecule has 0 aliphatic heterocycles. The number of allylic oxidation sites excluding steroid dienone is 1. The maximum atomic E-state index is 5.83. The molecule has 0 amide bonds. The van der Waals surface area contributed by atoms with Crippen molar-refractivity contribution >= 4 is 18.4 Å². The zero-order valence-corrected chi connectivity index (χ0v) is 18.3. The second-order valence-electron chi connectivity index (χ2n) is 6.93. The summed E-state index contributed by atoms with van der Waals surface area (Å²) in [6.07, 6.45) is 13.8. The Labute approximate surface area is 142 Å². The molecule has 22 heavy (non-hydrogen) atoms. The normalized spacial score (nSPS) is 18.7. The molecule has 0 spiro atoms. The molecule has 1 aliphatic rings. The van der Waals surface area contributed by atoms with Crippen LogP contribution in [0.2, 0.25) is 13.3 Å². The van der Waals surface area contributed by atoms with E-state index in [2.05, 4.69) is 26.8 Å². The van der Waals surface area contributed by atoms with E-state index in [1.807, 2.05) is 3.59 Å². The minimum atomic E-state index is -2.15. The average molecular weight is 417 g/mol. The molecule has 0 heterocycles. The molecule has 0 radical (unpaired) electrons. The van der Waals surface area contributed by atoms with Crippen LogP contribution in [0.4, 0.5) is 0 Å². The first-order valence-corrected chi connectivity index (χ1v) is 17.0. The van der Waals surface area contributed by atoms with Crippen molar-refractivity contribution in [2.24, 2.45) is 0 Å². The predicted octanol–water partition coefficient (Wildman–Crippen LogP) is 6.08. The van der Waals surface area contributed by atoms with Crippen LogP contribution in [-0.2, 0) is 9.47 Å². The van der Waals surface area contributed by atoms with Crippen molar-refractivity contribution < 1.29 is 9.47 Å². The van der Waals surface area contributed by atoms with Gasteiger partial charge in [0.15, 0.2) is 0 Å². The van der Waals surface area contributed by atoms with E-state index in [9.17, 15) is 0 Å². The molecular formula is C19H38O2Sn. The number of methoxy groups -OCH3 is 1. The zero-order chi connectivity index (χ0) is 16.3. The van der Waals surface area contributed by atoms with Crippen LogP contribution in [0.25, 0.3) is 0 Å². The maximum absolute atomic E-state index is 5.83. The summed E-state index contributed by atoms with van der Waals surface area (Å²) in [5.74, 6) is 0. The van der Waals surface area contributed by atoms with Crippen molar-refractivity contribution in [1.29, 1.82) is 0 Å². The van der Waals surface area contributed by atoms with Gasteiger partial charge in [-0.2, -0.15) is 0 Å². The van der Waals surface area contributed by atoms with Gasteiger partial charge in [0, 0.05) is 0 Å². The Bertz CT molecular complexity index is 293. The SMILES string of the molecule is CCC[CH2][Sn]([CH2]CCC)([CH2]CCC)[C]1=CC(OCOC)CC1. The molecule has 0 aromatic carbocycles. The third-order valence-corrected chi connectivity index (χ3v) is 21.5. The summed E-state index contributed by atoms with van der Waals surface area (Å²) in [6.45, 7) is 7.49. The summed E-state index contributed by atoms with van der Waals surface area (Å²) < 4.78 is 17.6. The van der Waals surface area contributed by atoms with Crippen molar-refractivity contribution in [3.05, 3.63) is 9.67 Å². The second kappa shape index (κ2) is 11.9. The molecule has 0 bridgehead atoms. The van der Waals surface area contributed by atoms with E-state index < -0.39 is 18.4 Å². The van der Waals surface area contributed by atoms with Crippen LogP contribution >= 0.6 is 0 Å². The van der Waals surface area contributed by atoms with Gasteiger partial charge >= 0.3 is 143 Å².